The van der Waals surface area contributed by atoms with Crippen LogP contribution in [0, 0.1) is 34.5 Å². The first kappa shape index (κ1) is 17.8. The molecule has 4 aliphatic carbocycles. The van der Waals surface area contributed by atoms with E-state index in [4.69, 9.17) is 4.74 Å². The molecule has 4 fully saturated rings. The quantitative estimate of drug-likeness (QED) is 0.712. The third-order valence-electron chi connectivity index (χ3n) is 8.87. The van der Waals surface area contributed by atoms with Gasteiger partial charge in [0, 0.05) is 12.3 Å². The summed E-state index contributed by atoms with van der Waals surface area (Å²) >= 11 is 0. The lowest BCUT2D eigenvalue weighted by Gasteiger charge is -2.61. The number of aliphatic hydroxyl groups is 2. The van der Waals surface area contributed by atoms with Crippen molar-refractivity contribution < 1.29 is 19.7 Å². The van der Waals surface area contributed by atoms with E-state index in [0.717, 1.165) is 44.9 Å². The van der Waals surface area contributed by atoms with Crippen molar-refractivity contribution in [3.05, 3.63) is 0 Å². The number of fused-ring (bicyclic) bond motifs is 5. The molecule has 0 amide bonds. The second-order valence-electron chi connectivity index (χ2n) is 9.94. The van der Waals surface area contributed by atoms with Crippen LogP contribution in [-0.2, 0) is 9.53 Å². The van der Waals surface area contributed by atoms with Gasteiger partial charge in [0.05, 0.1) is 12.2 Å². The number of hydrogen-bond acceptors (Lipinski definition) is 4. The van der Waals surface area contributed by atoms with Crippen LogP contribution < -0.4 is 0 Å². The van der Waals surface area contributed by atoms with Gasteiger partial charge in [-0.3, -0.25) is 4.79 Å². The minimum atomic E-state index is -0.295. The summed E-state index contributed by atoms with van der Waals surface area (Å²) in [4.78, 5) is 11.5. The largest absolute Gasteiger partial charge is 0.462 e. The highest BCUT2D eigenvalue weighted by Crippen LogP contribution is 2.66. The zero-order valence-corrected chi connectivity index (χ0v) is 15.9. The first-order valence-corrected chi connectivity index (χ1v) is 10.3. The SMILES string of the molecule is CC(=O)O[C@H]1CC[C@@H]2[C@@H]3C[C@H](O)[C@@H]4C[C@H](O)CC[C@]4(C)[C@H]3CC[C@]12C. The average molecular weight is 350 g/mol. The Balaban J connectivity index is 1.61. The maximum absolute atomic E-state index is 11.5. The maximum atomic E-state index is 11.5. The Morgan fingerprint density at radius 1 is 0.920 bits per heavy atom. The van der Waals surface area contributed by atoms with E-state index in [1.807, 2.05) is 0 Å². The molecule has 0 aromatic carbocycles. The Hall–Kier alpha value is -0.610. The molecule has 0 radical (unpaired) electrons. The summed E-state index contributed by atoms with van der Waals surface area (Å²) in [5, 5.41) is 21.1. The third-order valence-corrected chi connectivity index (χ3v) is 8.87. The van der Waals surface area contributed by atoms with Gasteiger partial charge in [0.1, 0.15) is 6.10 Å². The van der Waals surface area contributed by atoms with Crippen LogP contribution in [0.3, 0.4) is 0 Å². The molecule has 0 heterocycles. The second kappa shape index (κ2) is 5.95. The van der Waals surface area contributed by atoms with Gasteiger partial charge in [-0.25, -0.2) is 0 Å². The van der Waals surface area contributed by atoms with E-state index in [-0.39, 0.29) is 41.0 Å². The van der Waals surface area contributed by atoms with E-state index < -0.39 is 0 Å². The lowest BCUT2D eigenvalue weighted by molar-refractivity contribution is -0.181. The van der Waals surface area contributed by atoms with E-state index in [1.165, 1.54) is 13.3 Å². The molecule has 0 bridgehead atoms. The second-order valence-corrected chi connectivity index (χ2v) is 9.94. The van der Waals surface area contributed by atoms with Gasteiger partial charge in [-0.15, -0.1) is 0 Å². The fourth-order valence-electron chi connectivity index (χ4n) is 7.62. The first-order valence-electron chi connectivity index (χ1n) is 10.3. The molecule has 2 N–H and O–H groups in total. The van der Waals surface area contributed by atoms with Crippen molar-refractivity contribution in [1.29, 1.82) is 0 Å². The molecular formula is C21H34O4. The van der Waals surface area contributed by atoms with E-state index in [2.05, 4.69) is 13.8 Å². The molecule has 4 rings (SSSR count). The van der Waals surface area contributed by atoms with Crippen LogP contribution in [0.5, 0.6) is 0 Å². The summed E-state index contributed by atoms with van der Waals surface area (Å²) in [6, 6.07) is 0. The predicted octanol–water partition coefficient (Wildman–Crippen LogP) is 3.29. The lowest BCUT2D eigenvalue weighted by atomic mass is 9.44. The molecule has 4 heteroatoms. The zero-order valence-electron chi connectivity index (χ0n) is 15.9. The van der Waals surface area contributed by atoms with Gasteiger partial charge in [0.25, 0.3) is 0 Å². The molecule has 0 unspecified atom stereocenters. The summed E-state index contributed by atoms with van der Waals surface area (Å²) in [7, 11) is 0. The van der Waals surface area contributed by atoms with Crippen LogP contribution in [0.2, 0.25) is 0 Å². The standard InChI is InChI=1S/C21H34O4/c1-12(22)25-19-5-4-15-14-11-18(24)17-10-13(23)6-8-20(17,2)16(14)7-9-21(15,19)3/h13-19,23-24H,4-11H2,1-3H3/t13-,14+,15-,16+,17+,18+,19+,20-,21+/m1/s1. The van der Waals surface area contributed by atoms with Gasteiger partial charge >= 0.3 is 5.97 Å². The van der Waals surface area contributed by atoms with Crippen LogP contribution in [0.1, 0.15) is 72.1 Å². The normalized spacial score (nSPS) is 55.0. The van der Waals surface area contributed by atoms with E-state index in [1.54, 1.807) is 0 Å². The molecule has 4 saturated carbocycles. The third kappa shape index (κ3) is 2.58. The molecule has 0 spiro atoms. The van der Waals surface area contributed by atoms with Crippen molar-refractivity contribution in [1.82, 2.24) is 0 Å². The van der Waals surface area contributed by atoms with E-state index in [0.29, 0.717) is 17.8 Å². The zero-order chi connectivity index (χ0) is 18.0. The minimum Gasteiger partial charge on any atom is -0.462 e. The van der Waals surface area contributed by atoms with Gasteiger partial charge in [-0.2, -0.15) is 0 Å². The Morgan fingerprint density at radius 3 is 2.32 bits per heavy atom. The Labute approximate surface area is 151 Å². The molecule has 0 aromatic rings. The molecule has 9 atom stereocenters. The number of ether oxygens (including phenoxy) is 1. The van der Waals surface area contributed by atoms with Crippen LogP contribution in [0.25, 0.3) is 0 Å². The summed E-state index contributed by atoms with van der Waals surface area (Å²) in [6.45, 7) is 6.22. The van der Waals surface area contributed by atoms with Crippen LogP contribution in [-0.4, -0.2) is 34.5 Å². The highest BCUT2D eigenvalue weighted by Gasteiger charge is 2.62. The average Bonchev–Trinajstić information content (AvgIpc) is 2.86. The fourth-order valence-corrected chi connectivity index (χ4v) is 7.62. The Morgan fingerprint density at radius 2 is 1.60 bits per heavy atom. The summed E-state index contributed by atoms with van der Waals surface area (Å²) in [6.07, 6.45) is 7.44. The number of carbonyl (C=O) groups excluding carboxylic acids is 1. The number of hydrogen-bond donors (Lipinski definition) is 2. The minimum absolute atomic E-state index is 0.0480. The van der Waals surface area contributed by atoms with Crippen LogP contribution in [0.4, 0.5) is 0 Å². The molecule has 142 valence electrons. The predicted molar refractivity (Wildman–Crippen MR) is 94.7 cm³/mol. The highest BCUT2D eigenvalue weighted by molar-refractivity contribution is 5.66. The van der Waals surface area contributed by atoms with E-state index >= 15 is 0 Å². The van der Waals surface area contributed by atoms with Crippen molar-refractivity contribution in [2.75, 3.05) is 0 Å². The van der Waals surface area contributed by atoms with Crippen LogP contribution >= 0.6 is 0 Å². The molecule has 0 aromatic heterocycles. The topological polar surface area (TPSA) is 66.8 Å². The molecule has 0 saturated heterocycles. The summed E-state index contributed by atoms with van der Waals surface area (Å²) in [5.74, 6) is 1.81. The van der Waals surface area contributed by atoms with E-state index in [9.17, 15) is 15.0 Å². The van der Waals surface area contributed by atoms with Gasteiger partial charge < -0.3 is 14.9 Å². The summed E-state index contributed by atoms with van der Waals surface area (Å²) in [5.41, 5.74) is 0.229. The first-order chi connectivity index (χ1) is 11.8. The van der Waals surface area contributed by atoms with Gasteiger partial charge in [-0.1, -0.05) is 13.8 Å². The fraction of sp³-hybridized carbons (Fsp3) is 0.952. The number of carbonyl (C=O) groups is 1. The van der Waals surface area contributed by atoms with Crippen molar-refractivity contribution in [2.24, 2.45) is 34.5 Å². The molecule has 4 nitrogen and oxygen atoms in total. The molecule has 25 heavy (non-hydrogen) atoms. The Kier molecular flexibility index (Phi) is 4.23. The van der Waals surface area contributed by atoms with Crippen molar-refractivity contribution in [2.45, 2.75) is 90.4 Å². The van der Waals surface area contributed by atoms with Gasteiger partial charge in [0.15, 0.2) is 0 Å². The number of aliphatic hydroxyl groups excluding tert-OH is 2. The Bertz CT molecular complexity index is 548. The number of esters is 1. The molecular weight excluding hydrogens is 316 g/mol. The maximum Gasteiger partial charge on any atom is 0.302 e. The van der Waals surface area contributed by atoms with Crippen molar-refractivity contribution in [3.63, 3.8) is 0 Å². The highest BCUT2D eigenvalue weighted by atomic mass is 16.5. The van der Waals surface area contributed by atoms with Gasteiger partial charge in [-0.05, 0) is 80.5 Å². The van der Waals surface area contributed by atoms with Crippen LogP contribution in [0.15, 0.2) is 0 Å². The number of rotatable bonds is 1. The smallest absolute Gasteiger partial charge is 0.302 e. The summed E-state index contributed by atoms with van der Waals surface area (Å²) < 4.78 is 5.70. The molecule has 0 aliphatic heterocycles. The van der Waals surface area contributed by atoms with Crippen molar-refractivity contribution >= 4 is 5.97 Å². The monoisotopic (exact) mass is 350 g/mol. The lowest BCUT2D eigenvalue weighted by Crippen LogP contribution is -2.58. The molecule has 4 aliphatic rings. The van der Waals surface area contributed by atoms with Crippen molar-refractivity contribution in [3.8, 4) is 0 Å². The van der Waals surface area contributed by atoms with Gasteiger partial charge in [0.2, 0.25) is 0 Å².